The molecule has 0 radical (unpaired) electrons. The topological polar surface area (TPSA) is 51.0 Å². The van der Waals surface area contributed by atoms with Gasteiger partial charge in [0, 0.05) is 10.9 Å². The Balaban J connectivity index is 1.78. The first-order chi connectivity index (χ1) is 11.7. The van der Waals surface area contributed by atoms with Crippen LogP contribution in [0.1, 0.15) is 18.7 Å². The lowest BCUT2D eigenvalue weighted by atomic mass is 10.1. The van der Waals surface area contributed by atoms with Crippen LogP contribution in [0.2, 0.25) is 0 Å². The highest BCUT2D eigenvalue weighted by Gasteiger charge is 2.16. The first kappa shape index (κ1) is 14.8. The molecule has 0 aliphatic carbocycles. The first-order valence-electron chi connectivity index (χ1n) is 7.50. The maximum absolute atomic E-state index is 13.2. The average molecular weight is 339 g/mol. The zero-order chi connectivity index (χ0) is 16.5. The monoisotopic (exact) mass is 339 g/mol. The summed E-state index contributed by atoms with van der Waals surface area (Å²) in [6.45, 7) is 2.01. The number of aromatic nitrogens is 2. The van der Waals surface area contributed by atoms with Gasteiger partial charge in [0.1, 0.15) is 28.6 Å². The Morgan fingerprint density at radius 1 is 1.17 bits per heavy atom. The summed E-state index contributed by atoms with van der Waals surface area (Å²) < 4.78 is 18.6. The molecule has 1 atom stereocenters. The highest BCUT2D eigenvalue weighted by atomic mass is 32.1. The fourth-order valence-electron chi connectivity index (χ4n) is 2.64. The van der Waals surface area contributed by atoms with Crippen molar-refractivity contribution in [1.29, 1.82) is 0 Å². The number of anilines is 1. The quantitative estimate of drug-likeness (QED) is 0.551. The Labute approximate surface area is 142 Å². The molecule has 1 aromatic carbocycles. The van der Waals surface area contributed by atoms with Crippen molar-refractivity contribution < 1.29 is 8.81 Å². The molecule has 24 heavy (non-hydrogen) atoms. The van der Waals surface area contributed by atoms with E-state index in [0.717, 1.165) is 32.9 Å². The number of benzene rings is 1. The van der Waals surface area contributed by atoms with Crippen molar-refractivity contribution in [2.24, 2.45) is 0 Å². The van der Waals surface area contributed by atoms with Crippen LogP contribution in [0.25, 0.3) is 21.3 Å². The van der Waals surface area contributed by atoms with E-state index in [4.69, 9.17) is 4.42 Å². The van der Waals surface area contributed by atoms with E-state index in [9.17, 15) is 4.39 Å². The molecule has 0 aliphatic heterocycles. The van der Waals surface area contributed by atoms with Gasteiger partial charge in [0.15, 0.2) is 0 Å². The molecule has 0 fully saturated rings. The highest BCUT2D eigenvalue weighted by Crippen LogP contribution is 2.37. The van der Waals surface area contributed by atoms with Crippen LogP contribution in [0.5, 0.6) is 0 Å². The number of thiophene rings is 1. The second kappa shape index (κ2) is 6.05. The van der Waals surface area contributed by atoms with Crippen LogP contribution in [0.15, 0.2) is 58.8 Å². The van der Waals surface area contributed by atoms with Gasteiger partial charge in [-0.05, 0) is 36.8 Å². The van der Waals surface area contributed by atoms with Gasteiger partial charge in [0.2, 0.25) is 0 Å². The molecule has 0 saturated heterocycles. The summed E-state index contributed by atoms with van der Waals surface area (Å²) in [5, 5.41) is 6.34. The summed E-state index contributed by atoms with van der Waals surface area (Å²) >= 11 is 1.54. The van der Waals surface area contributed by atoms with Crippen LogP contribution in [0, 0.1) is 5.82 Å². The fourth-order valence-corrected chi connectivity index (χ4v) is 3.56. The van der Waals surface area contributed by atoms with Gasteiger partial charge in [-0.25, -0.2) is 14.4 Å². The van der Waals surface area contributed by atoms with E-state index in [1.54, 1.807) is 36.1 Å². The van der Waals surface area contributed by atoms with E-state index in [1.807, 2.05) is 24.4 Å². The molecule has 6 heteroatoms. The van der Waals surface area contributed by atoms with Gasteiger partial charge in [-0.2, -0.15) is 0 Å². The van der Waals surface area contributed by atoms with Crippen molar-refractivity contribution in [3.63, 3.8) is 0 Å². The number of rotatable bonds is 4. The molecular formula is C18H14FN3OS. The summed E-state index contributed by atoms with van der Waals surface area (Å²) in [6, 6.07) is 10.2. The van der Waals surface area contributed by atoms with E-state index < -0.39 is 0 Å². The van der Waals surface area contributed by atoms with Gasteiger partial charge in [0.25, 0.3) is 0 Å². The van der Waals surface area contributed by atoms with E-state index in [-0.39, 0.29) is 11.9 Å². The summed E-state index contributed by atoms with van der Waals surface area (Å²) in [6.07, 6.45) is 3.20. The summed E-state index contributed by atoms with van der Waals surface area (Å²) in [7, 11) is 0. The maximum Gasteiger partial charge on any atom is 0.139 e. The predicted molar refractivity (Wildman–Crippen MR) is 93.6 cm³/mol. The minimum atomic E-state index is -0.251. The number of halogens is 1. The summed E-state index contributed by atoms with van der Waals surface area (Å²) in [5.74, 6) is 1.32. The van der Waals surface area contributed by atoms with Crippen LogP contribution in [-0.2, 0) is 0 Å². The van der Waals surface area contributed by atoms with Crippen LogP contribution >= 0.6 is 11.3 Å². The maximum atomic E-state index is 13.2. The number of nitrogens with zero attached hydrogens (tertiary/aromatic N) is 2. The second-order valence-electron chi connectivity index (χ2n) is 5.44. The van der Waals surface area contributed by atoms with Crippen LogP contribution in [0.3, 0.4) is 0 Å². The zero-order valence-corrected chi connectivity index (χ0v) is 13.7. The minimum absolute atomic E-state index is 0.0286. The Kier molecular flexibility index (Phi) is 3.74. The third kappa shape index (κ3) is 2.65. The molecule has 1 N–H and O–H groups in total. The first-order valence-corrected chi connectivity index (χ1v) is 8.38. The Morgan fingerprint density at radius 2 is 2.00 bits per heavy atom. The molecule has 3 heterocycles. The van der Waals surface area contributed by atoms with Gasteiger partial charge in [0.05, 0.1) is 17.7 Å². The van der Waals surface area contributed by atoms with Gasteiger partial charge in [-0.1, -0.05) is 12.1 Å². The van der Waals surface area contributed by atoms with Gasteiger partial charge >= 0.3 is 0 Å². The van der Waals surface area contributed by atoms with Crippen LogP contribution in [-0.4, -0.2) is 9.97 Å². The molecule has 3 aromatic heterocycles. The Bertz CT molecular complexity index is 964. The van der Waals surface area contributed by atoms with Crippen LogP contribution < -0.4 is 5.32 Å². The van der Waals surface area contributed by atoms with E-state index in [0.29, 0.717) is 0 Å². The fraction of sp³-hybridized carbons (Fsp3) is 0.111. The summed E-state index contributed by atoms with van der Waals surface area (Å²) in [4.78, 5) is 9.63. The predicted octanol–water partition coefficient (Wildman–Crippen LogP) is 5.26. The van der Waals surface area contributed by atoms with E-state index >= 15 is 0 Å². The Morgan fingerprint density at radius 3 is 2.75 bits per heavy atom. The number of hydrogen-bond donors (Lipinski definition) is 1. The van der Waals surface area contributed by atoms with Crippen molar-refractivity contribution in [3.05, 3.63) is 65.9 Å². The zero-order valence-electron chi connectivity index (χ0n) is 12.9. The summed E-state index contributed by atoms with van der Waals surface area (Å²) in [5.41, 5.74) is 1.93. The lowest BCUT2D eigenvalue weighted by molar-refractivity contribution is 0.490. The van der Waals surface area contributed by atoms with Gasteiger partial charge < -0.3 is 9.73 Å². The number of hydrogen-bond acceptors (Lipinski definition) is 5. The molecule has 120 valence electrons. The normalized spacial score (nSPS) is 12.4. The van der Waals surface area contributed by atoms with E-state index in [2.05, 4.69) is 15.3 Å². The van der Waals surface area contributed by atoms with Crippen molar-refractivity contribution in [3.8, 4) is 11.1 Å². The molecule has 0 bridgehead atoms. The molecule has 4 nitrogen and oxygen atoms in total. The third-order valence-corrected chi connectivity index (χ3v) is 4.73. The van der Waals surface area contributed by atoms with E-state index in [1.165, 1.54) is 12.1 Å². The number of furan rings is 1. The lowest BCUT2D eigenvalue weighted by Gasteiger charge is -2.13. The van der Waals surface area contributed by atoms with Crippen LogP contribution in [0.4, 0.5) is 10.2 Å². The molecule has 0 amide bonds. The molecule has 0 unspecified atom stereocenters. The standard InChI is InChI=1S/C18H14FN3OS/c1-11(15-3-2-8-23-15)22-17-16-14(9-24-18(16)21-10-20-17)12-4-6-13(19)7-5-12/h2-11H,1H3,(H,20,21,22)/t11-/m0/s1. The lowest BCUT2D eigenvalue weighted by Crippen LogP contribution is -2.07. The second-order valence-corrected chi connectivity index (χ2v) is 6.30. The smallest absolute Gasteiger partial charge is 0.139 e. The third-order valence-electron chi connectivity index (χ3n) is 3.85. The highest BCUT2D eigenvalue weighted by molar-refractivity contribution is 7.17. The number of fused-ring (bicyclic) bond motifs is 1. The number of nitrogens with one attached hydrogen (secondary N) is 1. The average Bonchev–Trinajstić information content (AvgIpc) is 3.26. The minimum Gasteiger partial charge on any atom is -0.467 e. The van der Waals surface area contributed by atoms with Crippen molar-refractivity contribution >= 4 is 27.4 Å². The van der Waals surface area contributed by atoms with Crippen molar-refractivity contribution in [2.75, 3.05) is 5.32 Å². The van der Waals surface area contributed by atoms with Crippen molar-refractivity contribution in [1.82, 2.24) is 9.97 Å². The molecule has 0 saturated carbocycles. The molecule has 4 rings (SSSR count). The molecule has 4 aromatic rings. The molecule has 0 spiro atoms. The SMILES string of the molecule is C[C@H](Nc1ncnc2scc(-c3ccc(F)cc3)c12)c1ccco1. The van der Waals surface area contributed by atoms with Gasteiger partial charge in [-0.15, -0.1) is 11.3 Å². The Hall–Kier alpha value is -2.73. The van der Waals surface area contributed by atoms with Crippen molar-refractivity contribution in [2.45, 2.75) is 13.0 Å². The van der Waals surface area contributed by atoms with Gasteiger partial charge in [-0.3, -0.25) is 0 Å². The molecule has 0 aliphatic rings. The molecular weight excluding hydrogens is 325 g/mol. The largest absolute Gasteiger partial charge is 0.467 e.